The number of amides is 2. The van der Waals surface area contributed by atoms with Crippen molar-refractivity contribution in [3.8, 4) is 0 Å². The van der Waals surface area contributed by atoms with E-state index in [0.717, 1.165) is 21.6 Å². The molecule has 2 amide bonds. The summed E-state index contributed by atoms with van der Waals surface area (Å²) in [5, 5.41) is 8.23. The standard InChI is InChI=1S/C22H28N6O3S/c1-14-16-12-17(32-20(16)26(5)25-14)19(29)24-18-7-6-15(13-23-18)27-8-10-28(11-9-27)21(30)31-22(2,3)4/h6-7,12-13H,8-11H2,1-5H3,(H,23,24,29). The fourth-order valence-corrected chi connectivity index (χ4v) is 4.63. The second-order valence-corrected chi connectivity index (χ2v) is 9.88. The Kier molecular flexibility index (Phi) is 5.81. The number of aryl methyl sites for hydroxylation is 2. The lowest BCUT2D eigenvalue weighted by atomic mass is 10.2. The van der Waals surface area contributed by atoms with E-state index in [2.05, 4.69) is 20.3 Å². The summed E-state index contributed by atoms with van der Waals surface area (Å²) in [6.45, 7) is 10.1. The summed E-state index contributed by atoms with van der Waals surface area (Å²) < 4.78 is 7.24. The van der Waals surface area contributed by atoms with Crippen molar-refractivity contribution in [1.82, 2.24) is 19.7 Å². The maximum absolute atomic E-state index is 12.7. The van der Waals surface area contributed by atoms with Gasteiger partial charge in [0.05, 0.1) is 22.5 Å². The molecule has 1 fully saturated rings. The van der Waals surface area contributed by atoms with Crippen LogP contribution in [0.3, 0.4) is 0 Å². The first kappa shape index (κ1) is 22.1. The molecule has 4 heterocycles. The Labute approximate surface area is 191 Å². The van der Waals surface area contributed by atoms with Gasteiger partial charge in [-0.25, -0.2) is 9.78 Å². The van der Waals surface area contributed by atoms with Crippen molar-refractivity contribution < 1.29 is 14.3 Å². The monoisotopic (exact) mass is 456 g/mol. The van der Waals surface area contributed by atoms with Crippen molar-refractivity contribution in [2.24, 2.45) is 7.05 Å². The molecule has 0 unspecified atom stereocenters. The highest BCUT2D eigenvalue weighted by molar-refractivity contribution is 7.20. The molecule has 170 valence electrons. The molecule has 0 atom stereocenters. The molecule has 0 aromatic carbocycles. The van der Waals surface area contributed by atoms with Crippen molar-refractivity contribution in [2.45, 2.75) is 33.3 Å². The summed E-state index contributed by atoms with van der Waals surface area (Å²) in [6.07, 6.45) is 1.47. The van der Waals surface area contributed by atoms with Gasteiger partial charge in [0, 0.05) is 38.6 Å². The number of rotatable bonds is 3. The van der Waals surface area contributed by atoms with E-state index in [1.54, 1.807) is 21.8 Å². The fourth-order valence-electron chi connectivity index (χ4n) is 3.62. The zero-order chi connectivity index (χ0) is 23.0. The molecule has 3 aromatic rings. The highest BCUT2D eigenvalue weighted by Gasteiger charge is 2.26. The zero-order valence-electron chi connectivity index (χ0n) is 19.0. The molecule has 0 aliphatic carbocycles. The van der Waals surface area contributed by atoms with Crippen molar-refractivity contribution in [3.63, 3.8) is 0 Å². The molecule has 3 aromatic heterocycles. The summed E-state index contributed by atoms with van der Waals surface area (Å²) >= 11 is 1.41. The van der Waals surface area contributed by atoms with E-state index in [1.807, 2.05) is 46.9 Å². The van der Waals surface area contributed by atoms with E-state index < -0.39 is 5.60 Å². The molecule has 0 bridgehead atoms. The quantitative estimate of drug-likeness (QED) is 0.647. The van der Waals surface area contributed by atoms with E-state index in [9.17, 15) is 9.59 Å². The van der Waals surface area contributed by atoms with Crippen molar-refractivity contribution in [3.05, 3.63) is 35.0 Å². The fraction of sp³-hybridized carbons (Fsp3) is 0.455. The number of nitrogens with one attached hydrogen (secondary N) is 1. The van der Waals surface area contributed by atoms with Crippen LogP contribution in [-0.4, -0.2) is 63.4 Å². The van der Waals surface area contributed by atoms with Crippen LogP contribution in [0, 0.1) is 6.92 Å². The van der Waals surface area contributed by atoms with Crippen LogP contribution in [0.4, 0.5) is 16.3 Å². The normalized spacial score (nSPS) is 14.7. The molecule has 1 saturated heterocycles. The Hall–Kier alpha value is -3.14. The van der Waals surface area contributed by atoms with Crippen LogP contribution in [0.25, 0.3) is 10.2 Å². The summed E-state index contributed by atoms with van der Waals surface area (Å²) in [7, 11) is 1.88. The lowest BCUT2D eigenvalue weighted by Crippen LogP contribution is -2.50. The maximum Gasteiger partial charge on any atom is 0.410 e. The van der Waals surface area contributed by atoms with Crippen LogP contribution in [-0.2, 0) is 11.8 Å². The average Bonchev–Trinajstić information content (AvgIpc) is 3.29. The number of aromatic nitrogens is 3. The Morgan fingerprint density at radius 3 is 2.47 bits per heavy atom. The van der Waals surface area contributed by atoms with Crippen molar-refractivity contribution in [2.75, 3.05) is 36.4 Å². The zero-order valence-corrected chi connectivity index (χ0v) is 19.8. The topological polar surface area (TPSA) is 92.6 Å². The summed E-state index contributed by atoms with van der Waals surface area (Å²) in [5.41, 5.74) is 1.37. The molecule has 4 rings (SSSR count). The molecule has 9 nitrogen and oxygen atoms in total. The molecular formula is C22H28N6O3S. The Morgan fingerprint density at radius 2 is 1.88 bits per heavy atom. The second-order valence-electron chi connectivity index (χ2n) is 8.85. The van der Waals surface area contributed by atoms with Crippen LogP contribution < -0.4 is 10.2 Å². The van der Waals surface area contributed by atoms with Crippen LogP contribution in [0.2, 0.25) is 0 Å². The molecule has 1 aliphatic rings. The predicted molar refractivity (Wildman–Crippen MR) is 126 cm³/mol. The number of carbonyl (C=O) groups excluding carboxylic acids is 2. The summed E-state index contributed by atoms with van der Waals surface area (Å²) in [5.74, 6) is 0.315. The smallest absolute Gasteiger partial charge is 0.410 e. The van der Waals surface area contributed by atoms with Crippen LogP contribution in [0.5, 0.6) is 0 Å². The molecule has 1 aliphatic heterocycles. The van der Waals surface area contributed by atoms with E-state index in [-0.39, 0.29) is 12.0 Å². The number of piperazine rings is 1. The highest BCUT2D eigenvalue weighted by atomic mass is 32.1. The Bertz CT molecular complexity index is 1100. The van der Waals surface area contributed by atoms with E-state index in [1.165, 1.54) is 11.3 Å². The molecular weight excluding hydrogens is 428 g/mol. The van der Waals surface area contributed by atoms with Gasteiger partial charge in [-0.15, -0.1) is 11.3 Å². The number of hydrogen-bond donors (Lipinski definition) is 1. The number of fused-ring (bicyclic) bond motifs is 1. The first-order valence-corrected chi connectivity index (χ1v) is 11.4. The maximum atomic E-state index is 12.7. The van der Waals surface area contributed by atoms with Gasteiger partial charge in [-0.3, -0.25) is 9.48 Å². The highest BCUT2D eigenvalue weighted by Crippen LogP contribution is 2.28. The molecule has 0 radical (unpaired) electrons. The lowest BCUT2D eigenvalue weighted by Gasteiger charge is -2.36. The number of nitrogens with zero attached hydrogens (tertiary/aromatic N) is 5. The van der Waals surface area contributed by atoms with Crippen LogP contribution >= 0.6 is 11.3 Å². The van der Waals surface area contributed by atoms with Gasteiger partial charge in [0.25, 0.3) is 5.91 Å². The third kappa shape index (κ3) is 4.69. The predicted octanol–water partition coefficient (Wildman–Crippen LogP) is 3.65. The Morgan fingerprint density at radius 1 is 1.16 bits per heavy atom. The van der Waals surface area contributed by atoms with E-state index in [4.69, 9.17) is 4.74 Å². The number of ether oxygens (including phenoxy) is 1. The van der Waals surface area contributed by atoms with Crippen LogP contribution in [0.1, 0.15) is 36.1 Å². The van der Waals surface area contributed by atoms with Gasteiger partial charge in [0.2, 0.25) is 0 Å². The van der Waals surface area contributed by atoms with Gasteiger partial charge in [0.1, 0.15) is 16.2 Å². The second kappa shape index (κ2) is 8.42. The van der Waals surface area contributed by atoms with Crippen molar-refractivity contribution in [1.29, 1.82) is 0 Å². The minimum Gasteiger partial charge on any atom is -0.444 e. The van der Waals surface area contributed by atoms with Gasteiger partial charge >= 0.3 is 6.09 Å². The van der Waals surface area contributed by atoms with E-state index >= 15 is 0 Å². The largest absolute Gasteiger partial charge is 0.444 e. The van der Waals surface area contributed by atoms with Gasteiger partial charge < -0.3 is 19.9 Å². The lowest BCUT2D eigenvalue weighted by molar-refractivity contribution is 0.0240. The molecule has 0 spiro atoms. The average molecular weight is 457 g/mol. The van der Waals surface area contributed by atoms with Gasteiger partial charge in [-0.1, -0.05) is 0 Å². The number of anilines is 2. The van der Waals surface area contributed by atoms with Gasteiger partial charge in [0.15, 0.2) is 0 Å². The first-order chi connectivity index (χ1) is 15.1. The third-order valence-electron chi connectivity index (χ3n) is 5.21. The van der Waals surface area contributed by atoms with Gasteiger partial charge in [-0.05, 0) is 45.9 Å². The number of thiophene rings is 1. The summed E-state index contributed by atoms with van der Waals surface area (Å²) in [4.78, 5) is 34.8. The SMILES string of the molecule is Cc1nn(C)c2sc(C(=O)Nc3ccc(N4CCN(C(=O)OC(C)(C)C)CC4)cn3)cc12. The van der Waals surface area contributed by atoms with E-state index in [0.29, 0.717) is 36.9 Å². The minimum atomic E-state index is -0.496. The summed E-state index contributed by atoms with van der Waals surface area (Å²) in [6, 6.07) is 5.61. The molecule has 1 N–H and O–H groups in total. The Balaban J connectivity index is 1.34. The number of carbonyl (C=O) groups is 2. The van der Waals surface area contributed by atoms with Crippen molar-refractivity contribution >= 4 is 45.1 Å². The minimum absolute atomic E-state index is 0.183. The molecule has 32 heavy (non-hydrogen) atoms. The van der Waals surface area contributed by atoms with Gasteiger partial charge in [-0.2, -0.15) is 5.10 Å². The molecule has 0 saturated carbocycles. The first-order valence-electron chi connectivity index (χ1n) is 10.5. The molecule has 10 heteroatoms. The van der Waals surface area contributed by atoms with Crippen LogP contribution in [0.15, 0.2) is 24.4 Å². The number of pyridine rings is 1. The third-order valence-corrected chi connectivity index (χ3v) is 6.41. The number of hydrogen-bond acceptors (Lipinski definition) is 7.